The Morgan fingerprint density at radius 2 is 2.00 bits per heavy atom. The first-order valence-electron chi connectivity index (χ1n) is 9.96. The van der Waals surface area contributed by atoms with Gasteiger partial charge in [0.15, 0.2) is 11.4 Å². The predicted molar refractivity (Wildman–Crippen MR) is 116 cm³/mol. The summed E-state index contributed by atoms with van der Waals surface area (Å²) in [5, 5.41) is 2.37. The van der Waals surface area contributed by atoms with Crippen LogP contribution in [-0.4, -0.2) is 49.2 Å². The van der Waals surface area contributed by atoms with Crippen molar-refractivity contribution < 1.29 is 37.7 Å². The molecule has 1 heterocycles. The van der Waals surface area contributed by atoms with Crippen LogP contribution in [0.4, 0.5) is 4.39 Å². The molecule has 0 radical (unpaired) electrons. The van der Waals surface area contributed by atoms with Crippen LogP contribution in [0, 0.1) is 5.82 Å². The normalized spacial score (nSPS) is 11.2. The summed E-state index contributed by atoms with van der Waals surface area (Å²) in [5.74, 6) is -2.28. The molecule has 0 bridgehead atoms. The molecule has 0 spiro atoms. The van der Waals surface area contributed by atoms with E-state index in [1.165, 1.54) is 44.5 Å². The highest BCUT2D eigenvalue weighted by molar-refractivity contribution is 5.98. The summed E-state index contributed by atoms with van der Waals surface area (Å²) in [7, 11) is 1.34. The molecular formula is C23H25FN2O7. The van der Waals surface area contributed by atoms with Gasteiger partial charge >= 0.3 is 11.9 Å². The second-order valence-corrected chi connectivity index (χ2v) is 6.82. The standard InChI is InChI=1S/C23H25FN2O7/c1-5-10-31-19-12-17(24)7-6-16(19)11-14(2)32-20(28)13-26-23(29)21-22(33-15(3)27)18(30-4)8-9-25-21/h5-9,12,14H,1,10-11,13H2,2-4H3,(H,26,29). The number of rotatable bonds is 11. The van der Waals surface area contributed by atoms with E-state index >= 15 is 0 Å². The Labute approximate surface area is 190 Å². The van der Waals surface area contributed by atoms with Crippen LogP contribution in [-0.2, 0) is 20.7 Å². The van der Waals surface area contributed by atoms with E-state index in [9.17, 15) is 18.8 Å². The molecule has 1 aromatic heterocycles. The van der Waals surface area contributed by atoms with Crippen LogP contribution in [0.2, 0.25) is 0 Å². The first-order chi connectivity index (χ1) is 15.7. The van der Waals surface area contributed by atoms with E-state index in [1.54, 1.807) is 13.0 Å². The van der Waals surface area contributed by atoms with Crippen molar-refractivity contribution in [3.05, 3.63) is 60.2 Å². The maximum absolute atomic E-state index is 13.5. The summed E-state index contributed by atoms with van der Waals surface area (Å²) in [4.78, 5) is 39.9. The number of nitrogens with one attached hydrogen (secondary N) is 1. The number of pyridine rings is 1. The number of methoxy groups -OCH3 is 1. The number of amides is 1. The zero-order valence-corrected chi connectivity index (χ0v) is 18.6. The molecule has 1 N–H and O–H groups in total. The Morgan fingerprint density at radius 3 is 2.67 bits per heavy atom. The van der Waals surface area contributed by atoms with Gasteiger partial charge in [-0.3, -0.25) is 14.4 Å². The second kappa shape index (κ2) is 12.2. The van der Waals surface area contributed by atoms with Gasteiger partial charge < -0.3 is 24.3 Å². The van der Waals surface area contributed by atoms with Crippen LogP contribution in [0.3, 0.4) is 0 Å². The number of benzene rings is 1. The maximum atomic E-state index is 13.5. The monoisotopic (exact) mass is 460 g/mol. The molecule has 0 aliphatic rings. The van der Waals surface area contributed by atoms with Gasteiger partial charge in [0.05, 0.1) is 7.11 Å². The molecule has 176 valence electrons. The van der Waals surface area contributed by atoms with Crippen LogP contribution in [0.25, 0.3) is 0 Å². The molecule has 0 aliphatic carbocycles. The summed E-state index contributed by atoms with van der Waals surface area (Å²) < 4.78 is 34.4. The van der Waals surface area contributed by atoms with Crippen molar-refractivity contribution in [2.75, 3.05) is 20.3 Å². The summed E-state index contributed by atoms with van der Waals surface area (Å²) in [6.45, 7) is 6.12. The molecule has 0 saturated heterocycles. The molecule has 1 atom stereocenters. The third-order valence-electron chi connectivity index (χ3n) is 4.17. The maximum Gasteiger partial charge on any atom is 0.325 e. The van der Waals surface area contributed by atoms with Crippen LogP contribution in [0.5, 0.6) is 17.2 Å². The minimum atomic E-state index is -0.756. The first-order valence-corrected chi connectivity index (χ1v) is 9.96. The van der Waals surface area contributed by atoms with Crippen molar-refractivity contribution >= 4 is 17.8 Å². The zero-order chi connectivity index (χ0) is 24.4. The molecule has 10 heteroatoms. The molecule has 2 rings (SSSR count). The fourth-order valence-corrected chi connectivity index (χ4v) is 2.83. The first kappa shape index (κ1) is 25.3. The number of esters is 2. The van der Waals surface area contributed by atoms with Crippen molar-refractivity contribution in [2.24, 2.45) is 0 Å². The van der Waals surface area contributed by atoms with E-state index in [0.717, 1.165) is 0 Å². The van der Waals surface area contributed by atoms with E-state index in [1.807, 2.05) is 0 Å². The number of halogens is 1. The fourth-order valence-electron chi connectivity index (χ4n) is 2.83. The number of ether oxygens (including phenoxy) is 4. The lowest BCUT2D eigenvalue weighted by Crippen LogP contribution is -2.33. The number of hydrogen-bond donors (Lipinski definition) is 1. The minimum Gasteiger partial charge on any atom is -0.493 e. The van der Waals surface area contributed by atoms with Gasteiger partial charge in [-0.25, -0.2) is 9.37 Å². The summed E-state index contributed by atoms with van der Waals surface area (Å²) in [6, 6.07) is 5.50. The van der Waals surface area contributed by atoms with Crippen molar-refractivity contribution in [3.63, 3.8) is 0 Å². The van der Waals surface area contributed by atoms with Crippen LogP contribution in [0.15, 0.2) is 43.1 Å². The lowest BCUT2D eigenvalue weighted by molar-refractivity contribution is -0.146. The highest BCUT2D eigenvalue weighted by Crippen LogP contribution is 2.29. The molecule has 1 unspecified atom stereocenters. The van der Waals surface area contributed by atoms with E-state index in [-0.39, 0.29) is 30.2 Å². The Bertz CT molecular complexity index is 1030. The fraction of sp³-hybridized carbons (Fsp3) is 0.304. The van der Waals surface area contributed by atoms with Gasteiger partial charge in [0.2, 0.25) is 5.75 Å². The Kier molecular flexibility index (Phi) is 9.34. The minimum absolute atomic E-state index is 0.135. The molecule has 2 aromatic rings. The summed E-state index contributed by atoms with van der Waals surface area (Å²) in [5.41, 5.74) is 0.426. The lowest BCUT2D eigenvalue weighted by Gasteiger charge is -2.16. The van der Waals surface area contributed by atoms with E-state index in [4.69, 9.17) is 18.9 Å². The molecule has 1 aromatic carbocycles. The largest absolute Gasteiger partial charge is 0.493 e. The van der Waals surface area contributed by atoms with Gasteiger partial charge in [0.1, 0.15) is 30.8 Å². The third-order valence-corrected chi connectivity index (χ3v) is 4.17. The van der Waals surface area contributed by atoms with Gasteiger partial charge in [-0.1, -0.05) is 18.7 Å². The van der Waals surface area contributed by atoms with Crippen LogP contribution < -0.4 is 19.5 Å². The lowest BCUT2D eigenvalue weighted by atomic mass is 10.1. The van der Waals surface area contributed by atoms with Crippen LogP contribution >= 0.6 is 0 Å². The van der Waals surface area contributed by atoms with E-state index < -0.39 is 36.3 Å². The molecule has 0 aliphatic heterocycles. The quantitative estimate of drug-likeness (QED) is 0.402. The van der Waals surface area contributed by atoms with Gasteiger partial charge in [-0.15, -0.1) is 0 Å². The van der Waals surface area contributed by atoms with Gasteiger partial charge in [0, 0.05) is 31.7 Å². The highest BCUT2D eigenvalue weighted by Gasteiger charge is 2.22. The summed E-state index contributed by atoms with van der Waals surface area (Å²) >= 11 is 0. The van der Waals surface area contributed by atoms with Gasteiger partial charge in [0.25, 0.3) is 5.91 Å². The Balaban J connectivity index is 1.98. The van der Waals surface area contributed by atoms with Crippen molar-refractivity contribution in [3.8, 4) is 17.2 Å². The number of hydrogen-bond acceptors (Lipinski definition) is 8. The molecule has 1 amide bonds. The molecule has 0 saturated carbocycles. The number of carbonyl (C=O) groups excluding carboxylic acids is 3. The van der Waals surface area contributed by atoms with E-state index in [0.29, 0.717) is 11.3 Å². The van der Waals surface area contributed by atoms with Gasteiger partial charge in [-0.05, 0) is 18.6 Å². The predicted octanol–water partition coefficient (Wildman–Crippen LogP) is 2.62. The topological polar surface area (TPSA) is 113 Å². The third kappa shape index (κ3) is 7.60. The summed E-state index contributed by atoms with van der Waals surface area (Å²) in [6.07, 6.45) is 2.51. The highest BCUT2D eigenvalue weighted by atomic mass is 19.1. The van der Waals surface area contributed by atoms with E-state index in [2.05, 4.69) is 16.9 Å². The second-order valence-electron chi connectivity index (χ2n) is 6.82. The number of nitrogens with zero attached hydrogens (tertiary/aromatic N) is 1. The molecule has 33 heavy (non-hydrogen) atoms. The Morgan fingerprint density at radius 1 is 1.24 bits per heavy atom. The average molecular weight is 460 g/mol. The van der Waals surface area contributed by atoms with Crippen molar-refractivity contribution in [1.29, 1.82) is 0 Å². The number of aromatic nitrogens is 1. The van der Waals surface area contributed by atoms with Crippen molar-refractivity contribution in [2.45, 2.75) is 26.4 Å². The average Bonchev–Trinajstić information content (AvgIpc) is 2.77. The molecule has 9 nitrogen and oxygen atoms in total. The number of carbonyl (C=O) groups is 3. The SMILES string of the molecule is C=CCOc1cc(F)ccc1CC(C)OC(=O)CNC(=O)c1nccc(OC)c1OC(C)=O. The van der Waals surface area contributed by atoms with Crippen LogP contribution in [0.1, 0.15) is 29.9 Å². The Hall–Kier alpha value is -3.95. The van der Waals surface area contributed by atoms with Gasteiger partial charge in [-0.2, -0.15) is 0 Å². The molecule has 0 fully saturated rings. The molecular weight excluding hydrogens is 435 g/mol. The van der Waals surface area contributed by atoms with Crippen molar-refractivity contribution in [1.82, 2.24) is 10.3 Å². The smallest absolute Gasteiger partial charge is 0.325 e. The zero-order valence-electron chi connectivity index (χ0n) is 18.6.